The zero-order valence-corrected chi connectivity index (χ0v) is 13.6. The first-order valence-corrected chi connectivity index (χ1v) is 7.46. The zero-order chi connectivity index (χ0) is 18.0. The Bertz CT molecular complexity index is 897. The highest BCUT2D eigenvalue weighted by molar-refractivity contribution is 6.28. The third kappa shape index (κ3) is 4.21. The van der Waals surface area contributed by atoms with Gasteiger partial charge in [0.1, 0.15) is 5.69 Å². The van der Waals surface area contributed by atoms with Crippen molar-refractivity contribution in [2.75, 3.05) is 5.32 Å². The van der Waals surface area contributed by atoms with Gasteiger partial charge >= 0.3 is 6.18 Å². The van der Waals surface area contributed by atoms with Gasteiger partial charge in [-0.05, 0) is 47.9 Å². The van der Waals surface area contributed by atoms with Crippen LogP contribution in [0.15, 0.2) is 42.9 Å². The van der Waals surface area contributed by atoms with Crippen molar-refractivity contribution in [3.05, 3.63) is 59.4 Å². The molecule has 5 nitrogen and oxygen atoms in total. The minimum atomic E-state index is -4.53. The van der Waals surface area contributed by atoms with E-state index in [1.807, 2.05) is 13.0 Å². The van der Waals surface area contributed by atoms with E-state index in [1.165, 1.54) is 0 Å². The molecule has 25 heavy (non-hydrogen) atoms. The van der Waals surface area contributed by atoms with Crippen LogP contribution in [-0.2, 0) is 6.18 Å². The average molecular weight is 366 g/mol. The van der Waals surface area contributed by atoms with Crippen molar-refractivity contribution in [3.8, 4) is 11.1 Å². The maximum absolute atomic E-state index is 12.7. The molecule has 0 radical (unpaired) electrons. The molecule has 1 aromatic carbocycles. The predicted octanol–water partition coefficient (Wildman–Crippen LogP) is 4.66. The van der Waals surface area contributed by atoms with Crippen LogP contribution in [0.5, 0.6) is 0 Å². The van der Waals surface area contributed by atoms with E-state index in [-0.39, 0.29) is 11.2 Å². The minimum absolute atomic E-state index is 0.132. The molecule has 3 aromatic rings. The number of anilines is 2. The Kier molecular flexibility index (Phi) is 4.54. The van der Waals surface area contributed by atoms with Crippen molar-refractivity contribution in [2.24, 2.45) is 0 Å². The number of aromatic nitrogens is 4. The average Bonchev–Trinajstić information content (AvgIpc) is 2.54. The molecule has 9 heteroatoms. The first-order chi connectivity index (χ1) is 11.8. The Morgan fingerprint density at radius 2 is 1.72 bits per heavy atom. The van der Waals surface area contributed by atoms with Gasteiger partial charge in [0.25, 0.3) is 0 Å². The van der Waals surface area contributed by atoms with Crippen LogP contribution in [0.2, 0.25) is 5.28 Å². The van der Waals surface area contributed by atoms with E-state index in [4.69, 9.17) is 11.6 Å². The van der Waals surface area contributed by atoms with Crippen LogP contribution >= 0.6 is 11.6 Å². The molecule has 0 spiro atoms. The van der Waals surface area contributed by atoms with Gasteiger partial charge in [-0.3, -0.25) is 0 Å². The quantitative estimate of drug-likeness (QED) is 0.684. The van der Waals surface area contributed by atoms with Crippen LogP contribution < -0.4 is 5.32 Å². The molecule has 0 saturated heterocycles. The summed E-state index contributed by atoms with van der Waals surface area (Å²) in [6, 6.07) is 6.22. The molecule has 0 bridgehead atoms. The van der Waals surface area contributed by atoms with Crippen molar-refractivity contribution in [1.29, 1.82) is 0 Å². The molecule has 0 aliphatic rings. The largest absolute Gasteiger partial charge is 0.433 e. The summed E-state index contributed by atoms with van der Waals surface area (Å²) in [4.78, 5) is 15.2. The summed E-state index contributed by atoms with van der Waals surface area (Å²) in [5.74, 6) is -0.140. The summed E-state index contributed by atoms with van der Waals surface area (Å²) < 4.78 is 38.2. The van der Waals surface area contributed by atoms with Crippen molar-refractivity contribution in [2.45, 2.75) is 13.1 Å². The van der Waals surface area contributed by atoms with Crippen LogP contribution in [0, 0.1) is 6.92 Å². The number of hydrogen-bond donors (Lipinski definition) is 1. The van der Waals surface area contributed by atoms with Crippen LogP contribution in [0.25, 0.3) is 11.1 Å². The molecule has 0 aliphatic heterocycles. The summed E-state index contributed by atoms with van der Waals surface area (Å²) in [7, 11) is 0. The molecule has 0 saturated carbocycles. The normalized spacial score (nSPS) is 11.4. The fourth-order valence-electron chi connectivity index (χ4n) is 2.19. The molecule has 0 aliphatic carbocycles. The lowest BCUT2D eigenvalue weighted by atomic mass is 10.1. The molecule has 2 heterocycles. The predicted molar refractivity (Wildman–Crippen MR) is 87.5 cm³/mol. The van der Waals surface area contributed by atoms with Crippen LogP contribution in [0.4, 0.5) is 24.8 Å². The molecule has 0 atom stereocenters. The van der Waals surface area contributed by atoms with Crippen molar-refractivity contribution in [3.63, 3.8) is 0 Å². The van der Waals surface area contributed by atoms with Crippen molar-refractivity contribution < 1.29 is 13.2 Å². The molecule has 128 valence electrons. The van der Waals surface area contributed by atoms with E-state index in [9.17, 15) is 13.2 Å². The maximum Gasteiger partial charge on any atom is 0.433 e. The summed E-state index contributed by atoms with van der Waals surface area (Å²) in [6.45, 7) is 1.86. The van der Waals surface area contributed by atoms with E-state index in [1.54, 1.807) is 24.5 Å². The van der Waals surface area contributed by atoms with Gasteiger partial charge in [-0.1, -0.05) is 6.07 Å². The monoisotopic (exact) mass is 365 g/mol. The van der Waals surface area contributed by atoms with Gasteiger partial charge in [0, 0.05) is 29.8 Å². The molecular weight excluding hydrogens is 355 g/mol. The Morgan fingerprint density at radius 1 is 1.00 bits per heavy atom. The third-order valence-electron chi connectivity index (χ3n) is 3.23. The number of aryl methyl sites for hydroxylation is 1. The lowest BCUT2D eigenvalue weighted by molar-refractivity contribution is -0.141. The van der Waals surface area contributed by atoms with Crippen molar-refractivity contribution >= 4 is 23.2 Å². The van der Waals surface area contributed by atoms with Gasteiger partial charge < -0.3 is 5.32 Å². The SMILES string of the molecule is Cc1cc(Nc2nccc(C(F)(F)F)n2)cc(-c2cnc(Cl)nc2)c1. The summed E-state index contributed by atoms with van der Waals surface area (Å²) in [6.07, 6.45) is -0.344. The molecule has 0 amide bonds. The van der Waals surface area contributed by atoms with Crippen LogP contribution in [-0.4, -0.2) is 19.9 Å². The number of nitrogens with zero attached hydrogens (tertiary/aromatic N) is 4. The number of rotatable bonds is 3. The van der Waals surface area contributed by atoms with Gasteiger partial charge in [0.2, 0.25) is 11.2 Å². The smallest absolute Gasteiger partial charge is 0.324 e. The highest BCUT2D eigenvalue weighted by Gasteiger charge is 2.32. The van der Waals surface area contributed by atoms with Gasteiger partial charge in [-0.25, -0.2) is 19.9 Å². The Morgan fingerprint density at radius 3 is 2.40 bits per heavy atom. The van der Waals surface area contributed by atoms with Gasteiger partial charge in [-0.2, -0.15) is 13.2 Å². The fraction of sp³-hybridized carbons (Fsp3) is 0.125. The number of nitrogens with one attached hydrogen (secondary N) is 1. The first kappa shape index (κ1) is 17.1. The minimum Gasteiger partial charge on any atom is -0.324 e. The second-order valence-electron chi connectivity index (χ2n) is 5.22. The van der Waals surface area contributed by atoms with Crippen LogP contribution in [0.1, 0.15) is 11.3 Å². The fourth-order valence-corrected chi connectivity index (χ4v) is 2.29. The maximum atomic E-state index is 12.7. The Balaban J connectivity index is 1.92. The molecular formula is C16H11ClF3N5. The molecule has 0 fully saturated rings. The molecule has 3 rings (SSSR count). The van der Waals surface area contributed by atoms with Gasteiger partial charge in [0.05, 0.1) is 0 Å². The van der Waals surface area contributed by atoms with Crippen molar-refractivity contribution in [1.82, 2.24) is 19.9 Å². The number of alkyl halides is 3. The number of hydrogen-bond acceptors (Lipinski definition) is 5. The van der Waals surface area contributed by atoms with E-state index < -0.39 is 11.9 Å². The lowest BCUT2D eigenvalue weighted by Gasteiger charge is -2.11. The topological polar surface area (TPSA) is 63.6 Å². The second kappa shape index (κ2) is 6.64. The zero-order valence-electron chi connectivity index (χ0n) is 12.8. The molecule has 2 aromatic heterocycles. The highest BCUT2D eigenvalue weighted by Crippen LogP contribution is 2.29. The van der Waals surface area contributed by atoms with E-state index in [0.29, 0.717) is 5.69 Å². The molecule has 1 N–H and O–H groups in total. The lowest BCUT2D eigenvalue weighted by Crippen LogP contribution is -2.10. The first-order valence-electron chi connectivity index (χ1n) is 7.08. The van der Waals surface area contributed by atoms with Crippen LogP contribution in [0.3, 0.4) is 0 Å². The third-order valence-corrected chi connectivity index (χ3v) is 3.43. The number of halogens is 4. The van der Waals surface area contributed by atoms with Gasteiger partial charge in [0.15, 0.2) is 0 Å². The summed E-state index contributed by atoms with van der Waals surface area (Å²) >= 11 is 5.68. The molecule has 0 unspecified atom stereocenters. The standard InChI is InChI=1S/C16H11ClF3N5/c1-9-4-10(11-7-22-14(17)23-8-11)6-12(5-9)24-15-21-3-2-13(25-15)16(18,19)20/h2-8H,1H3,(H,21,24,25). The van der Waals surface area contributed by atoms with E-state index >= 15 is 0 Å². The van der Waals surface area contributed by atoms with Gasteiger partial charge in [-0.15, -0.1) is 0 Å². The Labute approximate surface area is 146 Å². The number of benzene rings is 1. The Hall–Kier alpha value is -2.74. The summed E-state index contributed by atoms with van der Waals surface area (Å²) in [5.41, 5.74) is 1.93. The van der Waals surface area contributed by atoms with E-state index in [0.717, 1.165) is 29.0 Å². The van der Waals surface area contributed by atoms with E-state index in [2.05, 4.69) is 25.3 Å². The second-order valence-corrected chi connectivity index (χ2v) is 5.55. The highest BCUT2D eigenvalue weighted by atomic mass is 35.5. The summed E-state index contributed by atoms with van der Waals surface area (Å²) in [5, 5.41) is 2.92.